The number of thioether (sulfide) groups is 1. The van der Waals surface area contributed by atoms with Crippen molar-refractivity contribution in [3.05, 3.63) is 83.4 Å². The summed E-state index contributed by atoms with van der Waals surface area (Å²) < 4.78 is 40.0. The smallest absolute Gasteiger partial charge is 0.325 e. The molecule has 1 N–H and O–H groups in total. The molecule has 1 atom stereocenters. The van der Waals surface area contributed by atoms with E-state index in [9.17, 15) is 18.0 Å². The van der Waals surface area contributed by atoms with Crippen LogP contribution in [0.15, 0.2) is 77.8 Å². The summed E-state index contributed by atoms with van der Waals surface area (Å²) in [4.78, 5) is 12.7. The first-order chi connectivity index (χ1) is 15.7. The molecule has 0 fully saturated rings. The first-order valence-electron chi connectivity index (χ1n) is 9.89. The number of nitrogens with zero attached hydrogens (tertiary/aromatic N) is 2. The number of amides is 1. The number of carbonyl (C=O) groups is 1. The fourth-order valence-electron chi connectivity index (χ4n) is 3.29. The maximum atomic E-state index is 13.3. The highest BCUT2D eigenvalue weighted by molar-refractivity contribution is 8.00. The first kappa shape index (κ1) is 23.1. The van der Waals surface area contributed by atoms with Gasteiger partial charge in [-0.15, -0.1) is 10.2 Å². The molecule has 1 heterocycles. The highest BCUT2D eigenvalue weighted by Crippen LogP contribution is 2.37. The van der Waals surface area contributed by atoms with Crippen LogP contribution in [0.3, 0.4) is 0 Å². The third kappa shape index (κ3) is 5.12. The van der Waals surface area contributed by atoms with Crippen LogP contribution in [-0.2, 0) is 11.0 Å². The molecule has 0 aliphatic heterocycles. The fraction of sp³-hybridized carbons (Fsp3) is 0.125. The van der Waals surface area contributed by atoms with Gasteiger partial charge >= 0.3 is 6.18 Å². The Morgan fingerprint density at radius 3 is 2.33 bits per heavy atom. The Morgan fingerprint density at radius 2 is 1.64 bits per heavy atom. The zero-order chi connectivity index (χ0) is 23.6. The van der Waals surface area contributed by atoms with Gasteiger partial charge in [-0.3, -0.25) is 4.79 Å². The predicted octanol–water partition coefficient (Wildman–Crippen LogP) is 7.09. The lowest BCUT2D eigenvalue weighted by Crippen LogP contribution is -2.24. The van der Waals surface area contributed by atoms with Gasteiger partial charge in [-0.1, -0.05) is 78.0 Å². The van der Waals surface area contributed by atoms with Crippen molar-refractivity contribution in [3.8, 4) is 11.3 Å². The Labute approximate surface area is 197 Å². The highest BCUT2D eigenvalue weighted by atomic mass is 35.5. The molecule has 3 aromatic carbocycles. The topological polar surface area (TPSA) is 54.9 Å². The summed E-state index contributed by atoms with van der Waals surface area (Å²) >= 11 is 6.84. The first-order valence-corrected chi connectivity index (χ1v) is 11.1. The Bertz CT molecular complexity index is 1320. The summed E-state index contributed by atoms with van der Waals surface area (Å²) in [5.74, 6) is -0.592. The maximum Gasteiger partial charge on any atom is 0.418 e. The largest absolute Gasteiger partial charge is 0.418 e. The van der Waals surface area contributed by atoms with Crippen LogP contribution in [0.5, 0.6) is 0 Å². The van der Waals surface area contributed by atoms with Crippen molar-refractivity contribution < 1.29 is 18.0 Å². The molecule has 0 aliphatic carbocycles. The van der Waals surface area contributed by atoms with Crippen molar-refractivity contribution in [3.63, 3.8) is 0 Å². The van der Waals surface area contributed by atoms with E-state index in [0.717, 1.165) is 40.2 Å². The number of halogens is 4. The molecule has 0 spiro atoms. The second-order valence-corrected chi connectivity index (χ2v) is 8.97. The van der Waals surface area contributed by atoms with E-state index in [-0.39, 0.29) is 10.7 Å². The Kier molecular flexibility index (Phi) is 6.58. The molecule has 0 saturated carbocycles. The van der Waals surface area contributed by atoms with Crippen LogP contribution in [0.2, 0.25) is 5.02 Å². The van der Waals surface area contributed by atoms with E-state index in [0.29, 0.717) is 10.7 Å². The van der Waals surface area contributed by atoms with Crippen LogP contribution in [0.4, 0.5) is 18.9 Å². The van der Waals surface area contributed by atoms with Crippen molar-refractivity contribution in [2.45, 2.75) is 23.4 Å². The highest BCUT2D eigenvalue weighted by Gasteiger charge is 2.34. The summed E-state index contributed by atoms with van der Waals surface area (Å²) in [6, 6.07) is 20.4. The summed E-state index contributed by atoms with van der Waals surface area (Å²) in [6.07, 6.45) is -4.65. The van der Waals surface area contributed by atoms with Crippen molar-refractivity contribution in [2.24, 2.45) is 0 Å². The molecule has 168 valence electrons. The van der Waals surface area contributed by atoms with Gasteiger partial charge in [-0.25, -0.2) is 0 Å². The quantitative estimate of drug-likeness (QED) is 0.305. The lowest BCUT2D eigenvalue weighted by Gasteiger charge is -2.17. The molecular weight excluding hydrogens is 471 g/mol. The molecule has 0 bridgehead atoms. The number of hydrogen-bond acceptors (Lipinski definition) is 4. The molecule has 4 rings (SSSR count). The zero-order valence-electron chi connectivity index (χ0n) is 17.2. The van der Waals surface area contributed by atoms with Gasteiger partial charge in [-0.2, -0.15) is 13.2 Å². The standard InChI is InChI=1S/C24H17ClF3N3OS/c1-14(22(32)29-20-12-11-16(25)13-19(20)24(26,27)28)33-23-18-10-6-5-9-17(18)21(30-31-23)15-7-3-2-4-8-15/h2-14H,1H3,(H,29,32). The van der Waals surface area contributed by atoms with E-state index in [4.69, 9.17) is 11.6 Å². The number of hydrogen-bond donors (Lipinski definition) is 1. The molecule has 1 aromatic heterocycles. The minimum Gasteiger partial charge on any atom is -0.325 e. The summed E-state index contributed by atoms with van der Waals surface area (Å²) in [5, 5.41) is 12.4. The molecule has 9 heteroatoms. The van der Waals surface area contributed by atoms with Crippen molar-refractivity contribution >= 4 is 45.7 Å². The van der Waals surface area contributed by atoms with Gasteiger partial charge in [0.25, 0.3) is 0 Å². The van der Waals surface area contributed by atoms with E-state index in [1.807, 2.05) is 54.6 Å². The molecule has 0 saturated heterocycles. The lowest BCUT2D eigenvalue weighted by molar-refractivity contribution is -0.137. The van der Waals surface area contributed by atoms with Crippen LogP contribution < -0.4 is 5.32 Å². The van der Waals surface area contributed by atoms with E-state index in [2.05, 4.69) is 15.5 Å². The van der Waals surface area contributed by atoms with Gasteiger partial charge in [-0.05, 0) is 25.1 Å². The van der Waals surface area contributed by atoms with Crippen molar-refractivity contribution in [1.82, 2.24) is 10.2 Å². The van der Waals surface area contributed by atoms with Crippen molar-refractivity contribution in [2.75, 3.05) is 5.32 Å². The average molecular weight is 488 g/mol. The van der Waals surface area contributed by atoms with Gasteiger partial charge in [0.2, 0.25) is 5.91 Å². The normalized spacial score (nSPS) is 12.5. The van der Waals surface area contributed by atoms with E-state index < -0.39 is 22.9 Å². The molecule has 4 nitrogen and oxygen atoms in total. The molecule has 0 radical (unpaired) electrons. The number of carbonyl (C=O) groups excluding carboxylic acids is 1. The number of nitrogens with one attached hydrogen (secondary N) is 1. The molecular formula is C24H17ClF3N3OS. The number of aromatic nitrogens is 2. The van der Waals surface area contributed by atoms with Crippen LogP contribution >= 0.6 is 23.4 Å². The van der Waals surface area contributed by atoms with Crippen LogP contribution in [0, 0.1) is 0 Å². The maximum absolute atomic E-state index is 13.3. The van der Waals surface area contributed by atoms with E-state index in [1.165, 1.54) is 6.07 Å². The number of rotatable bonds is 5. The fourth-order valence-corrected chi connectivity index (χ4v) is 4.36. The average Bonchev–Trinajstić information content (AvgIpc) is 2.80. The zero-order valence-corrected chi connectivity index (χ0v) is 18.8. The van der Waals surface area contributed by atoms with Crippen molar-refractivity contribution in [1.29, 1.82) is 0 Å². The third-order valence-electron chi connectivity index (χ3n) is 4.90. The Morgan fingerprint density at radius 1 is 0.970 bits per heavy atom. The summed E-state index contributed by atoms with van der Waals surface area (Å²) in [5.41, 5.74) is 0.271. The van der Waals surface area contributed by atoms with Crippen LogP contribution in [-0.4, -0.2) is 21.4 Å². The monoisotopic (exact) mass is 487 g/mol. The summed E-state index contributed by atoms with van der Waals surface area (Å²) in [6.45, 7) is 1.60. The van der Waals surface area contributed by atoms with Gasteiger partial charge in [0, 0.05) is 21.4 Å². The number of fused-ring (bicyclic) bond motifs is 1. The van der Waals surface area contributed by atoms with Gasteiger partial charge in [0.05, 0.1) is 16.5 Å². The Hall–Kier alpha value is -3.10. The molecule has 33 heavy (non-hydrogen) atoms. The number of anilines is 1. The predicted molar refractivity (Wildman–Crippen MR) is 125 cm³/mol. The van der Waals surface area contributed by atoms with E-state index in [1.54, 1.807) is 6.92 Å². The molecule has 0 aliphatic rings. The molecule has 1 unspecified atom stereocenters. The van der Waals surface area contributed by atoms with Crippen LogP contribution in [0.25, 0.3) is 22.0 Å². The number of benzene rings is 3. The Balaban J connectivity index is 1.60. The SMILES string of the molecule is CC(Sc1nnc(-c2ccccc2)c2ccccc12)C(=O)Nc1ccc(Cl)cc1C(F)(F)F. The minimum absolute atomic E-state index is 0.0667. The lowest BCUT2D eigenvalue weighted by atomic mass is 10.1. The molecule has 1 amide bonds. The van der Waals surface area contributed by atoms with Crippen LogP contribution in [0.1, 0.15) is 12.5 Å². The number of alkyl halides is 3. The molecule has 4 aromatic rings. The second kappa shape index (κ2) is 9.41. The third-order valence-corrected chi connectivity index (χ3v) is 6.23. The minimum atomic E-state index is -4.65. The van der Waals surface area contributed by atoms with Gasteiger partial charge in [0.1, 0.15) is 10.7 Å². The van der Waals surface area contributed by atoms with Gasteiger partial charge in [0.15, 0.2) is 0 Å². The summed E-state index contributed by atoms with van der Waals surface area (Å²) in [7, 11) is 0. The second-order valence-electron chi connectivity index (χ2n) is 7.20. The van der Waals surface area contributed by atoms with E-state index >= 15 is 0 Å². The van der Waals surface area contributed by atoms with Gasteiger partial charge < -0.3 is 5.32 Å².